The van der Waals surface area contributed by atoms with Crippen molar-refractivity contribution in [3.8, 4) is 0 Å². The molecule has 0 aliphatic rings. The standard InChI is InChI=1S/C13H11F3N6O/c1-6-18-3-7(4-19-6)5-22-8-2-9(13(14,15)16)20-11(17)10(8)21-12(22)23/h2-4H,5H2,1H3,(H2,17,20)(H,21,23). The molecule has 0 spiro atoms. The van der Waals surface area contributed by atoms with Crippen molar-refractivity contribution < 1.29 is 13.2 Å². The lowest BCUT2D eigenvalue weighted by Crippen LogP contribution is -2.18. The molecular weight excluding hydrogens is 313 g/mol. The first-order valence-corrected chi connectivity index (χ1v) is 6.49. The number of alkyl halides is 3. The van der Waals surface area contributed by atoms with Crippen molar-refractivity contribution in [2.75, 3.05) is 5.73 Å². The van der Waals surface area contributed by atoms with E-state index in [0.29, 0.717) is 11.4 Å². The molecule has 0 amide bonds. The number of halogens is 3. The highest BCUT2D eigenvalue weighted by atomic mass is 19.4. The van der Waals surface area contributed by atoms with E-state index in [1.807, 2.05) is 0 Å². The highest BCUT2D eigenvalue weighted by molar-refractivity contribution is 5.85. The zero-order valence-electron chi connectivity index (χ0n) is 11.8. The molecule has 23 heavy (non-hydrogen) atoms. The first-order valence-electron chi connectivity index (χ1n) is 6.49. The summed E-state index contributed by atoms with van der Waals surface area (Å²) >= 11 is 0. The van der Waals surface area contributed by atoms with E-state index in [2.05, 4.69) is 19.9 Å². The molecule has 7 nitrogen and oxygen atoms in total. The number of nitrogen functional groups attached to an aromatic ring is 1. The van der Waals surface area contributed by atoms with E-state index in [9.17, 15) is 18.0 Å². The van der Waals surface area contributed by atoms with Crippen molar-refractivity contribution in [2.45, 2.75) is 19.6 Å². The maximum absolute atomic E-state index is 12.9. The second kappa shape index (κ2) is 5.07. The van der Waals surface area contributed by atoms with E-state index in [1.54, 1.807) is 6.92 Å². The summed E-state index contributed by atoms with van der Waals surface area (Å²) in [5.74, 6) is 0.165. The number of pyridine rings is 1. The lowest BCUT2D eigenvalue weighted by Gasteiger charge is -2.08. The number of imidazole rings is 1. The average molecular weight is 324 g/mol. The van der Waals surface area contributed by atoms with Crippen LogP contribution in [0.5, 0.6) is 0 Å². The molecule has 0 aliphatic carbocycles. The Morgan fingerprint density at radius 3 is 2.57 bits per heavy atom. The van der Waals surface area contributed by atoms with Gasteiger partial charge in [-0.3, -0.25) is 4.57 Å². The molecule has 3 rings (SSSR count). The minimum Gasteiger partial charge on any atom is -0.382 e. The molecule has 3 heterocycles. The smallest absolute Gasteiger partial charge is 0.382 e. The number of anilines is 1. The Kier molecular flexibility index (Phi) is 3.31. The summed E-state index contributed by atoms with van der Waals surface area (Å²) in [7, 11) is 0. The van der Waals surface area contributed by atoms with Crippen LogP contribution in [0.15, 0.2) is 23.3 Å². The molecule has 0 aromatic carbocycles. The van der Waals surface area contributed by atoms with Gasteiger partial charge in [0.25, 0.3) is 0 Å². The fraction of sp³-hybridized carbons (Fsp3) is 0.231. The number of hydrogen-bond acceptors (Lipinski definition) is 5. The number of hydrogen-bond donors (Lipinski definition) is 2. The number of aryl methyl sites for hydroxylation is 1. The maximum atomic E-state index is 12.9. The minimum atomic E-state index is -4.66. The van der Waals surface area contributed by atoms with Gasteiger partial charge in [-0.15, -0.1) is 0 Å². The van der Waals surface area contributed by atoms with Gasteiger partial charge < -0.3 is 10.7 Å². The molecule has 3 N–H and O–H groups in total. The van der Waals surface area contributed by atoms with Crippen LogP contribution in [-0.2, 0) is 12.7 Å². The van der Waals surface area contributed by atoms with Crippen molar-refractivity contribution in [1.82, 2.24) is 24.5 Å². The maximum Gasteiger partial charge on any atom is 0.433 e. The van der Waals surface area contributed by atoms with E-state index < -0.39 is 17.6 Å². The van der Waals surface area contributed by atoms with Crippen LogP contribution in [0, 0.1) is 6.92 Å². The molecule has 0 aliphatic heterocycles. The Hall–Kier alpha value is -2.91. The highest BCUT2D eigenvalue weighted by Gasteiger charge is 2.34. The van der Waals surface area contributed by atoms with Gasteiger partial charge >= 0.3 is 11.9 Å². The molecule has 0 saturated heterocycles. The number of aromatic amines is 1. The number of H-pyrrole nitrogens is 1. The van der Waals surface area contributed by atoms with E-state index in [4.69, 9.17) is 5.73 Å². The van der Waals surface area contributed by atoms with Gasteiger partial charge in [-0.2, -0.15) is 13.2 Å². The fourth-order valence-corrected chi connectivity index (χ4v) is 2.16. The molecular formula is C13H11F3N6O. The number of fused-ring (bicyclic) bond motifs is 1. The number of aromatic nitrogens is 5. The number of nitrogens with zero attached hydrogens (tertiary/aromatic N) is 4. The zero-order chi connectivity index (χ0) is 16.8. The van der Waals surface area contributed by atoms with Crippen LogP contribution in [0.1, 0.15) is 17.1 Å². The summed E-state index contributed by atoms with van der Waals surface area (Å²) in [5, 5.41) is 0. The van der Waals surface area contributed by atoms with Crippen LogP contribution >= 0.6 is 0 Å². The predicted molar refractivity (Wildman–Crippen MR) is 75.6 cm³/mol. The Morgan fingerprint density at radius 2 is 1.96 bits per heavy atom. The summed E-state index contributed by atoms with van der Waals surface area (Å²) in [6.45, 7) is 1.71. The summed E-state index contributed by atoms with van der Waals surface area (Å²) in [4.78, 5) is 25.7. The van der Waals surface area contributed by atoms with E-state index >= 15 is 0 Å². The number of nitrogens with two attached hydrogens (primary N) is 1. The summed E-state index contributed by atoms with van der Waals surface area (Å²) in [6.07, 6.45) is -1.65. The lowest BCUT2D eigenvalue weighted by atomic mass is 10.2. The van der Waals surface area contributed by atoms with Gasteiger partial charge in [0.2, 0.25) is 0 Å². The van der Waals surface area contributed by atoms with Crippen molar-refractivity contribution in [3.63, 3.8) is 0 Å². The van der Waals surface area contributed by atoms with Crippen LogP contribution in [0.4, 0.5) is 19.0 Å². The first kappa shape index (κ1) is 15.0. The van der Waals surface area contributed by atoms with E-state index in [-0.39, 0.29) is 23.4 Å². The van der Waals surface area contributed by atoms with Crippen molar-refractivity contribution in [3.05, 3.63) is 46.0 Å². The normalized spacial score (nSPS) is 12.0. The van der Waals surface area contributed by atoms with Crippen molar-refractivity contribution in [2.24, 2.45) is 0 Å². The zero-order valence-corrected chi connectivity index (χ0v) is 11.8. The van der Waals surface area contributed by atoms with Gasteiger partial charge in [-0.25, -0.2) is 19.7 Å². The fourth-order valence-electron chi connectivity index (χ4n) is 2.16. The Balaban J connectivity index is 2.16. The summed E-state index contributed by atoms with van der Waals surface area (Å²) in [6, 6.07) is 0.790. The van der Waals surface area contributed by atoms with Gasteiger partial charge in [0.1, 0.15) is 22.9 Å². The molecule has 0 radical (unpaired) electrons. The predicted octanol–water partition coefficient (Wildman–Crippen LogP) is 1.47. The van der Waals surface area contributed by atoms with Gasteiger partial charge in [0.15, 0.2) is 0 Å². The van der Waals surface area contributed by atoms with Gasteiger partial charge in [-0.1, -0.05) is 0 Å². The number of rotatable bonds is 2. The van der Waals surface area contributed by atoms with Crippen LogP contribution in [-0.4, -0.2) is 24.5 Å². The minimum absolute atomic E-state index is 0.0138. The molecule has 0 bridgehead atoms. The quantitative estimate of drug-likeness (QED) is 0.743. The third-order valence-corrected chi connectivity index (χ3v) is 3.26. The second-order valence-corrected chi connectivity index (χ2v) is 4.94. The largest absolute Gasteiger partial charge is 0.433 e. The molecule has 10 heteroatoms. The lowest BCUT2D eigenvalue weighted by molar-refractivity contribution is -0.141. The Labute approximate surface area is 127 Å². The topological polar surface area (TPSA) is 102 Å². The Bertz CT molecular complexity index is 926. The monoisotopic (exact) mass is 324 g/mol. The van der Waals surface area contributed by atoms with E-state index in [0.717, 1.165) is 10.6 Å². The molecule has 3 aromatic heterocycles. The molecule has 0 fully saturated rings. The van der Waals surface area contributed by atoms with Crippen LogP contribution in [0.3, 0.4) is 0 Å². The molecule has 0 saturated carbocycles. The molecule has 3 aromatic rings. The number of nitrogens with one attached hydrogen (secondary N) is 1. The Morgan fingerprint density at radius 1 is 1.30 bits per heavy atom. The molecule has 0 unspecified atom stereocenters. The van der Waals surface area contributed by atoms with Crippen molar-refractivity contribution in [1.29, 1.82) is 0 Å². The van der Waals surface area contributed by atoms with Crippen LogP contribution < -0.4 is 11.4 Å². The van der Waals surface area contributed by atoms with Gasteiger partial charge in [0, 0.05) is 18.0 Å². The van der Waals surface area contributed by atoms with Crippen LogP contribution in [0.2, 0.25) is 0 Å². The van der Waals surface area contributed by atoms with Crippen molar-refractivity contribution >= 4 is 16.9 Å². The van der Waals surface area contributed by atoms with Crippen LogP contribution in [0.25, 0.3) is 11.0 Å². The van der Waals surface area contributed by atoms with Gasteiger partial charge in [0.05, 0.1) is 12.1 Å². The second-order valence-electron chi connectivity index (χ2n) is 4.94. The summed E-state index contributed by atoms with van der Waals surface area (Å²) < 4.78 is 39.7. The van der Waals surface area contributed by atoms with E-state index in [1.165, 1.54) is 12.4 Å². The SMILES string of the molecule is Cc1ncc(Cn2c(=O)[nH]c3c(N)nc(C(F)(F)F)cc32)cn1. The average Bonchev–Trinajstić information content (AvgIpc) is 2.78. The highest BCUT2D eigenvalue weighted by Crippen LogP contribution is 2.31. The third-order valence-electron chi connectivity index (χ3n) is 3.26. The molecule has 120 valence electrons. The molecule has 0 atom stereocenters. The third kappa shape index (κ3) is 2.74. The van der Waals surface area contributed by atoms with Gasteiger partial charge in [-0.05, 0) is 13.0 Å². The first-order chi connectivity index (χ1) is 10.8. The summed E-state index contributed by atoms with van der Waals surface area (Å²) in [5.41, 5.74) is 4.44.